The molecule has 1 aromatic carbocycles. The lowest BCUT2D eigenvalue weighted by atomic mass is 10.0. The van der Waals surface area contributed by atoms with E-state index in [0.717, 1.165) is 13.0 Å². The highest BCUT2D eigenvalue weighted by molar-refractivity contribution is 5.92. The summed E-state index contributed by atoms with van der Waals surface area (Å²) in [6.07, 6.45) is 1.54. The fourth-order valence-electron chi connectivity index (χ4n) is 3.09. The summed E-state index contributed by atoms with van der Waals surface area (Å²) < 4.78 is 0. The first-order valence-electron chi connectivity index (χ1n) is 9.26. The quantitative estimate of drug-likeness (QED) is 0.343. The molecule has 0 spiro atoms. The maximum absolute atomic E-state index is 12.7. The summed E-state index contributed by atoms with van der Waals surface area (Å²) in [5.41, 5.74) is 0.506. The highest BCUT2D eigenvalue weighted by atomic mass is 16.4. The molecule has 1 aliphatic rings. The number of amides is 2. The number of carboxylic acid groups (broad SMARTS) is 1. The molecular formula is C19H27N3O6. The number of aromatic hydroxyl groups is 2. The Kier molecular flexibility index (Phi) is 7.22. The number of rotatable bonds is 8. The van der Waals surface area contributed by atoms with Gasteiger partial charge in [0.05, 0.1) is 6.04 Å². The van der Waals surface area contributed by atoms with E-state index in [1.165, 1.54) is 18.2 Å². The molecule has 0 bridgehead atoms. The minimum Gasteiger partial charge on any atom is -0.504 e. The van der Waals surface area contributed by atoms with Gasteiger partial charge in [-0.25, -0.2) is 4.79 Å². The van der Waals surface area contributed by atoms with Crippen molar-refractivity contribution >= 4 is 17.8 Å². The molecule has 28 heavy (non-hydrogen) atoms. The second kappa shape index (κ2) is 9.41. The number of phenols is 2. The Morgan fingerprint density at radius 1 is 1.18 bits per heavy atom. The number of phenolic OH excluding ortho intramolecular Hbond substituents is 2. The van der Waals surface area contributed by atoms with Gasteiger partial charge in [-0.15, -0.1) is 0 Å². The first kappa shape index (κ1) is 21.5. The zero-order valence-electron chi connectivity index (χ0n) is 15.9. The zero-order valence-corrected chi connectivity index (χ0v) is 15.9. The van der Waals surface area contributed by atoms with Gasteiger partial charge in [-0.05, 0) is 43.0 Å². The van der Waals surface area contributed by atoms with Gasteiger partial charge in [-0.1, -0.05) is 19.9 Å². The van der Waals surface area contributed by atoms with E-state index in [-0.39, 0.29) is 29.7 Å². The summed E-state index contributed by atoms with van der Waals surface area (Å²) in [6.45, 7) is 4.06. The third-order valence-electron chi connectivity index (χ3n) is 4.72. The summed E-state index contributed by atoms with van der Waals surface area (Å²) in [6, 6.07) is 1.58. The van der Waals surface area contributed by atoms with Crippen LogP contribution in [-0.2, 0) is 20.8 Å². The molecule has 154 valence electrons. The van der Waals surface area contributed by atoms with Gasteiger partial charge in [0.25, 0.3) is 0 Å². The Morgan fingerprint density at radius 2 is 1.89 bits per heavy atom. The van der Waals surface area contributed by atoms with Gasteiger partial charge in [-0.2, -0.15) is 0 Å². The molecule has 0 unspecified atom stereocenters. The molecule has 2 rings (SSSR count). The van der Waals surface area contributed by atoms with E-state index < -0.39 is 30.0 Å². The lowest BCUT2D eigenvalue weighted by Gasteiger charge is -2.24. The third-order valence-corrected chi connectivity index (χ3v) is 4.72. The van der Waals surface area contributed by atoms with Crippen LogP contribution in [0.3, 0.4) is 0 Å². The molecule has 1 fully saturated rings. The minimum atomic E-state index is -1.16. The smallest absolute Gasteiger partial charge is 0.326 e. The Hall–Kier alpha value is -2.81. The Labute approximate surface area is 163 Å². The van der Waals surface area contributed by atoms with Crippen LogP contribution in [0.4, 0.5) is 0 Å². The van der Waals surface area contributed by atoms with Crippen molar-refractivity contribution in [2.75, 3.05) is 6.54 Å². The number of nitrogens with one attached hydrogen (secondary N) is 3. The van der Waals surface area contributed by atoms with Crippen molar-refractivity contribution in [1.29, 1.82) is 0 Å². The molecule has 0 aromatic heterocycles. The molecule has 0 aliphatic carbocycles. The molecule has 1 heterocycles. The van der Waals surface area contributed by atoms with Crippen molar-refractivity contribution in [3.8, 4) is 11.5 Å². The van der Waals surface area contributed by atoms with Gasteiger partial charge in [0.1, 0.15) is 12.1 Å². The fraction of sp³-hybridized carbons (Fsp3) is 0.526. The number of carbonyl (C=O) groups excluding carboxylic acids is 2. The molecule has 0 saturated carbocycles. The monoisotopic (exact) mass is 393 g/mol. The van der Waals surface area contributed by atoms with E-state index in [1.54, 1.807) is 13.8 Å². The molecular weight excluding hydrogens is 366 g/mol. The number of carbonyl (C=O) groups is 3. The largest absolute Gasteiger partial charge is 0.504 e. The van der Waals surface area contributed by atoms with Crippen molar-refractivity contribution in [3.63, 3.8) is 0 Å². The van der Waals surface area contributed by atoms with Crippen LogP contribution in [-0.4, -0.2) is 57.8 Å². The van der Waals surface area contributed by atoms with E-state index in [4.69, 9.17) is 0 Å². The van der Waals surface area contributed by atoms with Gasteiger partial charge in [0, 0.05) is 6.42 Å². The summed E-state index contributed by atoms with van der Waals surface area (Å²) >= 11 is 0. The molecule has 1 saturated heterocycles. The van der Waals surface area contributed by atoms with Crippen LogP contribution >= 0.6 is 0 Å². The molecule has 1 aromatic rings. The van der Waals surface area contributed by atoms with Gasteiger partial charge in [0.15, 0.2) is 11.5 Å². The molecule has 3 atom stereocenters. The predicted octanol–water partition coefficient (Wildman–Crippen LogP) is 0.103. The van der Waals surface area contributed by atoms with Gasteiger partial charge < -0.3 is 31.3 Å². The number of hydrogen-bond acceptors (Lipinski definition) is 6. The van der Waals surface area contributed by atoms with Gasteiger partial charge >= 0.3 is 5.97 Å². The lowest BCUT2D eigenvalue weighted by Crippen LogP contribution is -2.56. The van der Waals surface area contributed by atoms with Crippen molar-refractivity contribution in [1.82, 2.24) is 16.0 Å². The zero-order chi connectivity index (χ0) is 20.8. The van der Waals surface area contributed by atoms with Crippen LogP contribution in [0.2, 0.25) is 0 Å². The number of carboxylic acids is 1. The lowest BCUT2D eigenvalue weighted by molar-refractivity contribution is -0.143. The number of hydrogen-bond donors (Lipinski definition) is 6. The Balaban J connectivity index is 2.18. The van der Waals surface area contributed by atoms with E-state index >= 15 is 0 Å². The van der Waals surface area contributed by atoms with Crippen molar-refractivity contribution < 1.29 is 29.7 Å². The summed E-state index contributed by atoms with van der Waals surface area (Å²) in [5.74, 6) is -3.10. The Morgan fingerprint density at radius 3 is 2.43 bits per heavy atom. The van der Waals surface area contributed by atoms with Crippen molar-refractivity contribution in [2.45, 2.75) is 51.2 Å². The summed E-state index contributed by atoms with van der Waals surface area (Å²) in [5, 5.41) is 36.6. The number of aliphatic carboxylic acids is 1. The van der Waals surface area contributed by atoms with E-state index in [0.29, 0.717) is 12.0 Å². The molecule has 1 aliphatic heterocycles. The summed E-state index contributed by atoms with van der Waals surface area (Å²) in [4.78, 5) is 36.6. The highest BCUT2D eigenvalue weighted by Crippen LogP contribution is 2.25. The first-order chi connectivity index (χ1) is 13.2. The fourth-order valence-corrected chi connectivity index (χ4v) is 3.09. The van der Waals surface area contributed by atoms with E-state index in [2.05, 4.69) is 16.0 Å². The predicted molar refractivity (Wildman–Crippen MR) is 101 cm³/mol. The highest BCUT2D eigenvalue weighted by Gasteiger charge is 2.31. The van der Waals surface area contributed by atoms with E-state index in [1.807, 2.05) is 0 Å². The minimum absolute atomic E-state index is 0.0303. The average molecular weight is 393 g/mol. The third kappa shape index (κ3) is 5.59. The molecule has 2 amide bonds. The second-order valence-corrected chi connectivity index (χ2v) is 7.31. The van der Waals surface area contributed by atoms with Crippen LogP contribution in [0.1, 0.15) is 32.3 Å². The van der Waals surface area contributed by atoms with Crippen LogP contribution in [0, 0.1) is 5.92 Å². The maximum atomic E-state index is 12.7. The van der Waals surface area contributed by atoms with Gasteiger partial charge in [0.2, 0.25) is 11.8 Å². The van der Waals surface area contributed by atoms with Crippen molar-refractivity contribution in [3.05, 3.63) is 23.8 Å². The SMILES string of the molecule is CC(C)[C@H](NC(=O)[C@H](Cc1ccc(O)c(O)c1)NC(=O)[C@@H]1CCCN1)C(=O)O. The van der Waals surface area contributed by atoms with Crippen molar-refractivity contribution in [2.24, 2.45) is 5.92 Å². The molecule has 9 heteroatoms. The number of benzene rings is 1. The molecule has 6 N–H and O–H groups in total. The average Bonchev–Trinajstić information content (AvgIpc) is 3.16. The normalized spacial score (nSPS) is 18.5. The van der Waals surface area contributed by atoms with E-state index in [9.17, 15) is 29.7 Å². The maximum Gasteiger partial charge on any atom is 0.326 e. The standard InChI is InChI=1S/C19H27N3O6/c1-10(2)16(19(27)28)22-18(26)13(21-17(25)12-4-3-7-20-12)8-11-5-6-14(23)15(24)9-11/h5-6,9-10,12-13,16,20,23-24H,3-4,7-8H2,1-2H3,(H,21,25)(H,22,26)(H,27,28)/t12-,13-,16-/m0/s1. The first-order valence-corrected chi connectivity index (χ1v) is 9.26. The Bertz CT molecular complexity index is 730. The van der Waals surface area contributed by atoms with Crippen LogP contribution in [0.15, 0.2) is 18.2 Å². The van der Waals surface area contributed by atoms with Crippen LogP contribution in [0.25, 0.3) is 0 Å². The topological polar surface area (TPSA) is 148 Å². The van der Waals surface area contributed by atoms with Crippen LogP contribution < -0.4 is 16.0 Å². The molecule has 9 nitrogen and oxygen atoms in total. The summed E-state index contributed by atoms with van der Waals surface area (Å²) in [7, 11) is 0. The second-order valence-electron chi connectivity index (χ2n) is 7.31. The van der Waals surface area contributed by atoms with Gasteiger partial charge in [-0.3, -0.25) is 9.59 Å². The molecule has 0 radical (unpaired) electrons. The van der Waals surface area contributed by atoms with Crippen LogP contribution in [0.5, 0.6) is 11.5 Å².